The maximum absolute atomic E-state index is 3.68. The summed E-state index contributed by atoms with van der Waals surface area (Å²) in [6.07, 6.45) is 6.69. The lowest BCUT2D eigenvalue weighted by molar-refractivity contribution is 0.506. The van der Waals surface area contributed by atoms with Gasteiger partial charge in [0.1, 0.15) is 0 Å². The molecule has 1 aliphatic heterocycles. The molecular weight excluding hydrogens is 194 g/mol. The van der Waals surface area contributed by atoms with Gasteiger partial charge in [-0.05, 0) is 56.3 Å². The Morgan fingerprint density at radius 3 is 2.62 bits per heavy atom. The van der Waals surface area contributed by atoms with Crippen molar-refractivity contribution in [3.05, 3.63) is 34.9 Å². The van der Waals surface area contributed by atoms with Gasteiger partial charge in [-0.3, -0.25) is 0 Å². The van der Waals surface area contributed by atoms with Crippen LogP contribution in [0.25, 0.3) is 0 Å². The second-order valence-electron chi connectivity index (χ2n) is 5.07. The highest BCUT2D eigenvalue weighted by molar-refractivity contribution is 5.34. The zero-order valence-corrected chi connectivity index (χ0v) is 10.6. The Morgan fingerprint density at radius 2 is 1.88 bits per heavy atom. The maximum Gasteiger partial charge on any atom is 0.0108 e. The van der Waals surface area contributed by atoms with Crippen molar-refractivity contribution in [3.63, 3.8) is 0 Å². The van der Waals surface area contributed by atoms with Crippen molar-refractivity contribution in [1.29, 1.82) is 0 Å². The second-order valence-corrected chi connectivity index (χ2v) is 5.07. The fourth-order valence-corrected chi connectivity index (χ4v) is 2.69. The third-order valence-corrected chi connectivity index (χ3v) is 3.76. The maximum atomic E-state index is 3.68. The van der Waals surface area contributed by atoms with E-state index in [2.05, 4.69) is 37.4 Å². The highest BCUT2D eigenvalue weighted by Crippen LogP contribution is 2.18. The van der Waals surface area contributed by atoms with Gasteiger partial charge in [0, 0.05) is 6.04 Å². The largest absolute Gasteiger partial charge is 0.314 e. The zero-order chi connectivity index (χ0) is 11.4. The molecule has 1 aromatic carbocycles. The summed E-state index contributed by atoms with van der Waals surface area (Å²) in [5.74, 6) is 0. The molecule has 1 unspecified atom stereocenters. The van der Waals surface area contributed by atoms with Crippen LogP contribution in [0.1, 0.15) is 42.4 Å². The van der Waals surface area contributed by atoms with E-state index in [9.17, 15) is 0 Å². The molecule has 0 aliphatic carbocycles. The molecule has 2 rings (SSSR count). The first-order chi connectivity index (χ1) is 7.77. The van der Waals surface area contributed by atoms with Crippen LogP contribution in [-0.4, -0.2) is 12.6 Å². The van der Waals surface area contributed by atoms with Crippen molar-refractivity contribution in [2.75, 3.05) is 6.54 Å². The topological polar surface area (TPSA) is 12.0 Å². The van der Waals surface area contributed by atoms with Crippen molar-refractivity contribution in [1.82, 2.24) is 5.32 Å². The third-order valence-electron chi connectivity index (χ3n) is 3.76. The summed E-state index contributed by atoms with van der Waals surface area (Å²) in [6, 6.07) is 7.33. The summed E-state index contributed by atoms with van der Waals surface area (Å²) in [5.41, 5.74) is 4.46. The lowest BCUT2D eigenvalue weighted by Gasteiger charge is -2.18. The van der Waals surface area contributed by atoms with Crippen molar-refractivity contribution in [2.24, 2.45) is 0 Å². The molecule has 0 amide bonds. The van der Waals surface area contributed by atoms with Gasteiger partial charge in [0.25, 0.3) is 0 Å². The molecule has 1 aliphatic rings. The minimum Gasteiger partial charge on any atom is -0.314 e. The average molecular weight is 217 g/mol. The van der Waals surface area contributed by atoms with E-state index in [0.29, 0.717) is 6.04 Å². The molecule has 0 aromatic heterocycles. The van der Waals surface area contributed by atoms with Crippen molar-refractivity contribution < 1.29 is 0 Å². The van der Waals surface area contributed by atoms with E-state index in [1.165, 1.54) is 49.8 Å². The van der Waals surface area contributed by atoms with Gasteiger partial charge in [0.2, 0.25) is 0 Å². The molecule has 1 atom stereocenters. The standard InChI is InChI=1S/C15H23N/c1-12-7-6-8-13(2)15(12)11-14-9-4-3-5-10-16-14/h6-8,14,16H,3-5,9-11H2,1-2H3. The normalized spacial score (nSPS) is 21.8. The lowest BCUT2D eigenvalue weighted by atomic mass is 9.94. The van der Waals surface area contributed by atoms with Crippen LogP contribution in [0.15, 0.2) is 18.2 Å². The summed E-state index contributed by atoms with van der Waals surface area (Å²) in [5, 5.41) is 3.68. The molecule has 1 heterocycles. The first-order valence-electron chi connectivity index (χ1n) is 6.56. The molecule has 1 N–H and O–H groups in total. The van der Waals surface area contributed by atoms with E-state index < -0.39 is 0 Å². The number of benzene rings is 1. The number of aryl methyl sites for hydroxylation is 2. The van der Waals surface area contributed by atoms with E-state index in [0.717, 1.165) is 0 Å². The van der Waals surface area contributed by atoms with Gasteiger partial charge in [-0.2, -0.15) is 0 Å². The predicted octanol–water partition coefficient (Wildman–Crippen LogP) is 3.38. The molecule has 1 aromatic rings. The molecule has 1 fully saturated rings. The highest BCUT2D eigenvalue weighted by atomic mass is 14.9. The summed E-state index contributed by atoms with van der Waals surface area (Å²) in [6.45, 7) is 5.67. The van der Waals surface area contributed by atoms with Crippen LogP contribution in [0.5, 0.6) is 0 Å². The molecule has 0 radical (unpaired) electrons. The fourth-order valence-electron chi connectivity index (χ4n) is 2.69. The predicted molar refractivity (Wildman–Crippen MR) is 69.9 cm³/mol. The molecule has 0 bridgehead atoms. The van der Waals surface area contributed by atoms with Gasteiger partial charge in [0.15, 0.2) is 0 Å². The van der Waals surface area contributed by atoms with Crippen LogP contribution in [0.3, 0.4) is 0 Å². The number of nitrogens with one attached hydrogen (secondary N) is 1. The SMILES string of the molecule is Cc1cccc(C)c1CC1CCCCCN1. The lowest BCUT2D eigenvalue weighted by Crippen LogP contribution is -2.30. The summed E-state index contributed by atoms with van der Waals surface area (Å²) in [7, 11) is 0. The van der Waals surface area contributed by atoms with Gasteiger partial charge in [-0.15, -0.1) is 0 Å². The molecule has 1 heteroatoms. The van der Waals surface area contributed by atoms with Gasteiger partial charge >= 0.3 is 0 Å². The average Bonchev–Trinajstić information content (AvgIpc) is 2.52. The van der Waals surface area contributed by atoms with Crippen molar-refractivity contribution in [2.45, 2.75) is 52.0 Å². The van der Waals surface area contributed by atoms with Crippen LogP contribution in [0.4, 0.5) is 0 Å². The van der Waals surface area contributed by atoms with Crippen LogP contribution < -0.4 is 5.32 Å². The second kappa shape index (κ2) is 5.49. The smallest absolute Gasteiger partial charge is 0.0108 e. The molecule has 16 heavy (non-hydrogen) atoms. The van der Waals surface area contributed by atoms with Gasteiger partial charge in [-0.1, -0.05) is 31.0 Å². The van der Waals surface area contributed by atoms with Crippen LogP contribution in [0, 0.1) is 13.8 Å². The minimum absolute atomic E-state index is 0.697. The quantitative estimate of drug-likeness (QED) is 0.801. The Hall–Kier alpha value is -0.820. The van der Waals surface area contributed by atoms with Crippen molar-refractivity contribution in [3.8, 4) is 0 Å². The van der Waals surface area contributed by atoms with E-state index >= 15 is 0 Å². The van der Waals surface area contributed by atoms with Crippen molar-refractivity contribution >= 4 is 0 Å². The molecule has 0 saturated carbocycles. The summed E-state index contributed by atoms with van der Waals surface area (Å²) in [4.78, 5) is 0. The monoisotopic (exact) mass is 217 g/mol. The van der Waals surface area contributed by atoms with E-state index in [-0.39, 0.29) is 0 Å². The molecule has 0 spiro atoms. The van der Waals surface area contributed by atoms with Gasteiger partial charge < -0.3 is 5.32 Å². The van der Waals surface area contributed by atoms with E-state index in [1.54, 1.807) is 5.56 Å². The minimum atomic E-state index is 0.697. The van der Waals surface area contributed by atoms with E-state index in [4.69, 9.17) is 0 Å². The Balaban J connectivity index is 2.07. The Kier molecular flexibility index (Phi) is 4.00. The summed E-state index contributed by atoms with van der Waals surface area (Å²) < 4.78 is 0. The number of hydrogen-bond acceptors (Lipinski definition) is 1. The Bertz CT molecular complexity index is 315. The molecule has 1 saturated heterocycles. The molecule has 1 nitrogen and oxygen atoms in total. The highest BCUT2D eigenvalue weighted by Gasteiger charge is 2.13. The number of hydrogen-bond donors (Lipinski definition) is 1. The Labute approximate surface area is 99.3 Å². The van der Waals surface area contributed by atoms with Crippen LogP contribution >= 0.6 is 0 Å². The molecule has 88 valence electrons. The number of rotatable bonds is 2. The first-order valence-corrected chi connectivity index (χ1v) is 6.56. The van der Waals surface area contributed by atoms with Crippen LogP contribution in [0.2, 0.25) is 0 Å². The fraction of sp³-hybridized carbons (Fsp3) is 0.600. The van der Waals surface area contributed by atoms with E-state index in [1.807, 2.05) is 0 Å². The summed E-state index contributed by atoms with van der Waals surface area (Å²) >= 11 is 0. The third kappa shape index (κ3) is 2.85. The Morgan fingerprint density at radius 1 is 1.12 bits per heavy atom. The molecular formula is C15H23N. The zero-order valence-electron chi connectivity index (χ0n) is 10.6. The first kappa shape index (κ1) is 11.7. The van der Waals surface area contributed by atoms with Crippen LogP contribution in [-0.2, 0) is 6.42 Å². The van der Waals surface area contributed by atoms with Gasteiger partial charge in [-0.25, -0.2) is 0 Å². The van der Waals surface area contributed by atoms with Gasteiger partial charge in [0.05, 0.1) is 0 Å².